The second kappa shape index (κ2) is 7.61. The van der Waals surface area contributed by atoms with Gasteiger partial charge in [0.1, 0.15) is 0 Å². The van der Waals surface area contributed by atoms with Crippen molar-refractivity contribution in [1.29, 1.82) is 0 Å². The molecule has 0 aliphatic carbocycles. The number of amides is 1. The molecule has 138 valence electrons. The van der Waals surface area contributed by atoms with E-state index >= 15 is 0 Å². The van der Waals surface area contributed by atoms with Gasteiger partial charge in [-0.2, -0.15) is 5.10 Å². The van der Waals surface area contributed by atoms with E-state index < -0.39 is 0 Å². The van der Waals surface area contributed by atoms with Crippen LogP contribution < -0.4 is 15.8 Å². The van der Waals surface area contributed by atoms with Crippen LogP contribution in [0.4, 0.5) is 11.4 Å². The minimum absolute atomic E-state index is 0.218. The summed E-state index contributed by atoms with van der Waals surface area (Å²) >= 11 is 0. The van der Waals surface area contributed by atoms with Crippen molar-refractivity contribution in [3.05, 3.63) is 64.6 Å². The molecule has 0 spiro atoms. The van der Waals surface area contributed by atoms with Gasteiger partial charge in [0, 0.05) is 18.5 Å². The summed E-state index contributed by atoms with van der Waals surface area (Å²) in [4.78, 5) is 27.2. The predicted molar refractivity (Wildman–Crippen MR) is 107 cm³/mol. The molecule has 1 aromatic heterocycles. The van der Waals surface area contributed by atoms with E-state index in [2.05, 4.69) is 20.4 Å². The minimum Gasteiger partial charge on any atom is -0.370 e. The first-order valence-electron chi connectivity index (χ1n) is 9.37. The fourth-order valence-corrected chi connectivity index (χ4v) is 3.64. The largest absolute Gasteiger partial charge is 0.370 e. The summed E-state index contributed by atoms with van der Waals surface area (Å²) < 4.78 is 0. The fourth-order valence-electron chi connectivity index (χ4n) is 3.64. The lowest BCUT2D eigenvalue weighted by Gasteiger charge is -2.25. The molecule has 2 N–H and O–H groups in total. The Morgan fingerprint density at radius 1 is 0.926 bits per heavy atom. The molecule has 1 aliphatic rings. The number of hydrogen-bond donors (Lipinski definition) is 2. The summed E-state index contributed by atoms with van der Waals surface area (Å²) in [6.07, 6.45) is 4.82. The molecule has 4 rings (SSSR count). The molecule has 0 radical (unpaired) electrons. The quantitative estimate of drug-likeness (QED) is 0.747. The van der Waals surface area contributed by atoms with Crippen molar-refractivity contribution >= 4 is 28.1 Å². The van der Waals surface area contributed by atoms with Crippen molar-refractivity contribution in [2.24, 2.45) is 0 Å². The van der Waals surface area contributed by atoms with Gasteiger partial charge >= 0.3 is 0 Å². The second-order valence-corrected chi connectivity index (χ2v) is 6.82. The Kier molecular flexibility index (Phi) is 4.87. The SMILES string of the molecule is O=C(Nc1ccccc1N1CCCCCC1)c1n[nH]c(=O)c2ccccc12. The van der Waals surface area contributed by atoms with E-state index in [-0.39, 0.29) is 17.2 Å². The van der Waals surface area contributed by atoms with Crippen molar-refractivity contribution in [3.63, 3.8) is 0 Å². The summed E-state index contributed by atoms with van der Waals surface area (Å²) in [5.41, 5.74) is 1.71. The maximum atomic E-state index is 12.9. The molecule has 2 heterocycles. The van der Waals surface area contributed by atoms with Gasteiger partial charge in [-0.25, -0.2) is 5.10 Å². The molecule has 1 aliphatic heterocycles. The molecule has 1 amide bonds. The van der Waals surface area contributed by atoms with Crippen LogP contribution in [0.1, 0.15) is 36.2 Å². The third-order valence-corrected chi connectivity index (χ3v) is 5.01. The van der Waals surface area contributed by atoms with Gasteiger partial charge in [0.05, 0.1) is 16.8 Å². The summed E-state index contributed by atoms with van der Waals surface area (Å²) in [6, 6.07) is 14.9. The molecule has 1 saturated heterocycles. The zero-order valence-electron chi connectivity index (χ0n) is 15.1. The number of carbonyl (C=O) groups is 1. The van der Waals surface area contributed by atoms with E-state index in [0.717, 1.165) is 37.3 Å². The highest BCUT2D eigenvalue weighted by Gasteiger charge is 2.18. The topological polar surface area (TPSA) is 78.1 Å². The Morgan fingerprint density at radius 2 is 1.59 bits per heavy atom. The Labute approximate surface area is 157 Å². The van der Waals surface area contributed by atoms with Crippen molar-refractivity contribution < 1.29 is 4.79 Å². The van der Waals surface area contributed by atoms with Gasteiger partial charge in [0.2, 0.25) is 0 Å². The van der Waals surface area contributed by atoms with Gasteiger partial charge < -0.3 is 10.2 Å². The smallest absolute Gasteiger partial charge is 0.276 e. The van der Waals surface area contributed by atoms with Crippen LogP contribution in [0.15, 0.2) is 53.3 Å². The van der Waals surface area contributed by atoms with Gasteiger partial charge in [0.15, 0.2) is 5.69 Å². The maximum Gasteiger partial charge on any atom is 0.276 e. The van der Waals surface area contributed by atoms with E-state index in [4.69, 9.17) is 0 Å². The van der Waals surface area contributed by atoms with Gasteiger partial charge in [-0.3, -0.25) is 9.59 Å². The number of fused-ring (bicyclic) bond motifs is 1. The Bertz CT molecular complexity index is 1020. The number of nitrogens with one attached hydrogen (secondary N) is 2. The highest BCUT2D eigenvalue weighted by molar-refractivity contribution is 6.12. The lowest BCUT2D eigenvalue weighted by Crippen LogP contribution is -2.26. The number of nitrogens with zero attached hydrogens (tertiary/aromatic N) is 2. The molecule has 3 aromatic rings. The van der Waals surface area contributed by atoms with E-state index in [1.165, 1.54) is 12.8 Å². The zero-order valence-corrected chi connectivity index (χ0v) is 15.1. The standard InChI is InChI=1S/C21H22N4O2/c26-20-16-10-4-3-9-15(16)19(23-24-20)21(27)22-17-11-5-6-12-18(17)25-13-7-1-2-8-14-25/h3-6,9-12H,1-2,7-8,13-14H2,(H,22,27)(H,24,26). The molecule has 0 atom stereocenters. The van der Waals surface area contributed by atoms with Crippen LogP contribution in [0.25, 0.3) is 10.8 Å². The van der Waals surface area contributed by atoms with Crippen LogP contribution in [-0.2, 0) is 0 Å². The highest BCUT2D eigenvalue weighted by Crippen LogP contribution is 2.28. The van der Waals surface area contributed by atoms with Crippen LogP contribution in [0, 0.1) is 0 Å². The molecular formula is C21H22N4O2. The van der Waals surface area contributed by atoms with Crippen LogP contribution in [0.5, 0.6) is 0 Å². The molecular weight excluding hydrogens is 340 g/mol. The Hall–Kier alpha value is -3.15. The molecule has 1 fully saturated rings. The lowest BCUT2D eigenvalue weighted by atomic mass is 10.1. The van der Waals surface area contributed by atoms with Gasteiger partial charge in [0.25, 0.3) is 11.5 Å². The normalized spacial score (nSPS) is 14.7. The highest BCUT2D eigenvalue weighted by atomic mass is 16.2. The maximum absolute atomic E-state index is 12.9. The minimum atomic E-state index is -0.329. The second-order valence-electron chi connectivity index (χ2n) is 6.82. The number of para-hydroxylation sites is 2. The number of anilines is 2. The van der Waals surface area contributed by atoms with Crippen molar-refractivity contribution in [1.82, 2.24) is 10.2 Å². The van der Waals surface area contributed by atoms with E-state index in [1.807, 2.05) is 24.3 Å². The third-order valence-electron chi connectivity index (χ3n) is 5.01. The number of benzene rings is 2. The number of aromatic nitrogens is 2. The van der Waals surface area contributed by atoms with Gasteiger partial charge in [-0.15, -0.1) is 0 Å². The Balaban J connectivity index is 1.66. The monoisotopic (exact) mass is 362 g/mol. The summed E-state index contributed by atoms with van der Waals surface area (Å²) in [7, 11) is 0. The molecule has 6 nitrogen and oxygen atoms in total. The average molecular weight is 362 g/mol. The first kappa shape index (κ1) is 17.3. The van der Waals surface area contributed by atoms with Crippen LogP contribution >= 0.6 is 0 Å². The van der Waals surface area contributed by atoms with Crippen molar-refractivity contribution in [2.45, 2.75) is 25.7 Å². The van der Waals surface area contributed by atoms with E-state index in [0.29, 0.717) is 10.8 Å². The molecule has 6 heteroatoms. The Morgan fingerprint density at radius 3 is 2.37 bits per heavy atom. The third kappa shape index (κ3) is 3.56. The van der Waals surface area contributed by atoms with E-state index in [1.54, 1.807) is 24.3 Å². The zero-order chi connectivity index (χ0) is 18.6. The summed E-state index contributed by atoms with van der Waals surface area (Å²) in [6.45, 7) is 1.99. The molecule has 0 unspecified atom stereocenters. The number of aromatic amines is 1. The number of carbonyl (C=O) groups excluding carboxylic acids is 1. The molecule has 2 aromatic carbocycles. The summed E-state index contributed by atoms with van der Waals surface area (Å²) in [5.74, 6) is -0.329. The van der Waals surface area contributed by atoms with Crippen LogP contribution in [-0.4, -0.2) is 29.2 Å². The van der Waals surface area contributed by atoms with Crippen LogP contribution in [0.3, 0.4) is 0 Å². The fraction of sp³-hybridized carbons (Fsp3) is 0.286. The molecule has 27 heavy (non-hydrogen) atoms. The predicted octanol–water partition coefficient (Wildman–Crippen LogP) is 3.56. The molecule has 0 saturated carbocycles. The first-order chi connectivity index (χ1) is 13.2. The van der Waals surface area contributed by atoms with Gasteiger partial charge in [-0.1, -0.05) is 43.2 Å². The van der Waals surface area contributed by atoms with Crippen LogP contribution in [0.2, 0.25) is 0 Å². The van der Waals surface area contributed by atoms with Crippen molar-refractivity contribution in [3.8, 4) is 0 Å². The van der Waals surface area contributed by atoms with E-state index in [9.17, 15) is 9.59 Å². The number of rotatable bonds is 3. The number of H-pyrrole nitrogens is 1. The molecule has 0 bridgehead atoms. The number of hydrogen-bond acceptors (Lipinski definition) is 4. The first-order valence-corrected chi connectivity index (χ1v) is 9.37. The lowest BCUT2D eigenvalue weighted by molar-refractivity contribution is 0.102. The average Bonchev–Trinajstić information content (AvgIpc) is 2.98. The van der Waals surface area contributed by atoms with Crippen molar-refractivity contribution in [2.75, 3.05) is 23.3 Å². The van der Waals surface area contributed by atoms with Gasteiger partial charge in [-0.05, 0) is 31.0 Å². The summed E-state index contributed by atoms with van der Waals surface area (Å²) in [5, 5.41) is 10.4.